The molecule has 3 nitrogen and oxygen atoms in total. The first-order valence-electron chi connectivity index (χ1n) is 7.48. The maximum Gasteiger partial charge on any atom is 0.220 e. The van der Waals surface area contributed by atoms with Gasteiger partial charge in [-0.15, -0.1) is 12.4 Å². The van der Waals surface area contributed by atoms with Gasteiger partial charge in [0.05, 0.1) is 0 Å². The molecule has 2 aromatic carbocycles. The predicted octanol–water partition coefficient (Wildman–Crippen LogP) is 4.00. The number of nitrogens with two attached hydrogens (primary N) is 1. The fourth-order valence-corrected chi connectivity index (χ4v) is 2.97. The van der Waals surface area contributed by atoms with Gasteiger partial charge in [0.2, 0.25) is 5.91 Å². The number of hydrogen-bond donors (Lipinski definition) is 2. The maximum absolute atomic E-state index is 11.8. The van der Waals surface area contributed by atoms with Gasteiger partial charge in [0.25, 0.3) is 0 Å². The summed E-state index contributed by atoms with van der Waals surface area (Å²) in [5.41, 5.74) is 6.80. The quantitative estimate of drug-likeness (QED) is 0.793. The average Bonchev–Trinajstić information content (AvgIpc) is 2.53. The summed E-state index contributed by atoms with van der Waals surface area (Å²) >= 11 is 1.71. The Morgan fingerprint density at radius 2 is 1.78 bits per heavy atom. The van der Waals surface area contributed by atoms with Crippen molar-refractivity contribution in [1.29, 1.82) is 0 Å². The second-order valence-electron chi connectivity index (χ2n) is 5.32. The monoisotopic (exact) mass is 350 g/mol. The fourth-order valence-electron chi connectivity index (χ4n) is 2.01. The molecule has 2 rings (SSSR count). The SMILES string of the molecule is CC(N)CCC(=O)NCc1ccccc1Sc1ccccc1.Cl. The van der Waals surface area contributed by atoms with Crippen LogP contribution in [0.15, 0.2) is 64.4 Å². The van der Waals surface area contributed by atoms with Gasteiger partial charge in [0.1, 0.15) is 0 Å². The number of carbonyl (C=O) groups excluding carboxylic acids is 1. The van der Waals surface area contributed by atoms with Crippen molar-refractivity contribution in [3.8, 4) is 0 Å². The van der Waals surface area contributed by atoms with Crippen molar-refractivity contribution in [2.75, 3.05) is 0 Å². The number of benzene rings is 2. The zero-order valence-corrected chi connectivity index (χ0v) is 14.8. The van der Waals surface area contributed by atoms with E-state index in [1.165, 1.54) is 9.79 Å². The van der Waals surface area contributed by atoms with Crippen molar-refractivity contribution < 1.29 is 4.79 Å². The van der Waals surface area contributed by atoms with Crippen LogP contribution < -0.4 is 11.1 Å². The molecule has 0 aliphatic carbocycles. The molecule has 1 atom stereocenters. The first-order chi connectivity index (χ1) is 10.6. The predicted molar refractivity (Wildman–Crippen MR) is 99.0 cm³/mol. The molecule has 0 saturated carbocycles. The molecule has 0 bridgehead atoms. The zero-order chi connectivity index (χ0) is 15.8. The van der Waals surface area contributed by atoms with Crippen LogP contribution in [0.5, 0.6) is 0 Å². The van der Waals surface area contributed by atoms with Crippen LogP contribution in [0, 0.1) is 0 Å². The van der Waals surface area contributed by atoms with Gasteiger partial charge in [-0.2, -0.15) is 0 Å². The van der Waals surface area contributed by atoms with Gasteiger partial charge in [-0.3, -0.25) is 4.79 Å². The van der Waals surface area contributed by atoms with Crippen LogP contribution in [0.25, 0.3) is 0 Å². The number of amides is 1. The molecule has 0 fully saturated rings. The lowest BCUT2D eigenvalue weighted by Crippen LogP contribution is -2.25. The molecule has 0 aliphatic rings. The average molecular weight is 351 g/mol. The zero-order valence-electron chi connectivity index (χ0n) is 13.2. The number of nitrogens with one attached hydrogen (secondary N) is 1. The normalized spacial score (nSPS) is 11.4. The second-order valence-corrected chi connectivity index (χ2v) is 6.43. The van der Waals surface area contributed by atoms with Crippen LogP contribution in [-0.4, -0.2) is 11.9 Å². The molecular weight excluding hydrogens is 328 g/mol. The lowest BCUT2D eigenvalue weighted by molar-refractivity contribution is -0.121. The van der Waals surface area contributed by atoms with E-state index < -0.39 is 0 Å². The smallest absolute Gasteiger partial charge is 0.220 e. The van der Waals surface area contributed by atoms with Gasteiger partial charge in [-0.1, -0.05) is 48.2 Å². The summed E-state index contributed by atoms with van der Waals surface area (Å²) in [7, 11) is 0. The highest BCUT2D eigenvalue weighted by Crippen LogP contribution is 2.30. The fraction of sp³-hybridized carbons (Fsp3) is 0.278. The molecule has 0 spiro atoms. The Labute approximate surface area is 148 Å². The molecule has 0 radical (unpaired) electrons. The molecule has 124 valence electrons. The van der Waals surface area contributed by atoms with Crippen molar-refractivity contribution in [3.63, 3.8) is 0 Å². The second kappa shape index (κ2) is 10.3. The summed E-state index contributed by atoms with van der Waals surface area (Å²) in [6.45, 7) is 2.47. The van der Waals surface area contributed by atoms with Crippen LogP contribution in [0.3, 0.4) is 0 Å². The molecule has 0 heterocycles. The van der Waals surface area contributed by atoms with E-state index >= 15 is 0 Å². The molecular formula is C18H23ClN2OS. The van der Waals surface area contributed by atoms with Crippen LogP contribution >= 0.6 is 24.2 Å². The van der Waals surface area contributed by atoms with E-state index in [-0.39, 0.29) is 24.4 Å². The lowest BCUT2D eigenvalue weighted by atomic mass is 10.2. The van der Waals surface area contributed by atoms with Crippen LogP contribution in [0.4, 0.5) is 0 Å². The van der Waals surface area contributed by atoms with Gasteiger partial charge in [-0.25, -0.2) is 0 Å². The van der Waals surface area contributed by atoms with Crippen molar-refractivity contribution >= 4 is 30.1 Å². The molecule has 0 aromatic heterocycles. The Morgan fingerprint density at radius 3 is 2.48 bits per heavy atom. The summed E-state index contributed by atoms with van der Waals surface area (Å²) < 4.78 is 0. The molecule has 3 N–H and O–H groups in total. The van der Waals surface area contributed by atoms with Gasteiger partial charge >= 0.3 is 0 Å². The summed E-state index contributed by atoms with van der Waals surface area (Å²) in [4.78, 5) is 14.2. The van der Waals surface area contributed by atoms with Crippen LogP contribution in [0.1, 0.15) is 25.3 Å². The van der Waals surface area contributed by atoms with E-state index in [9.17, 15) is 4.79 Å². The third kappa shape index (κ3) is 7.08. The first-order valence-corrected chi connectivity index (χ1v) is 8.30. The Hall–Kier alpha value is -1.49. The van der Waals surface area contributed by atoms with Gasteiger partial charge in [0.15, 0.2) is 0 Å². The molecule has 2 aromatic rings. The minimum Gasteiger partial charge on any atom is -0.352 e. The topological polar surface area (TPSA) is 55.1 Å². The van der Waals surface area contributed by atoms with E-state index in [0.29, 0.717) is 19.4 Å². The Morgan fingerprint density at radius 1 is 1.13 bits per heavy atom. The first kappa shape index (κ1) is 19.6. The van der Waals surface area contributed by atoms with Crippen LogP contribution in [-0.2, 0) is 11.3 Å². The van der Waals surface area contributed by atoms with Gasteiger partial charge in [0, 0.05) is 28.8 Å². The molecule has 1 amide bonds. The number of rotatable bonds is 7. The van der Waals surface area contributed by atoms with Gasteiger partial charge < -0.3 is 11.1 Å². The summed E-state index contributed by atoms with van der Waals surface area (Å²) in [6.07, 6.45) is 1.19. The number of hydrogen-bond acceptors (Lipinski definition) is 3. The Balaban J connectivity index is 0.00000264. The van der Waals surface area contributed by atoms with Gasteiger partial charge in [-0.05, 0) is 37.1 Å². The molecule has 0 aliphatic heterocycles. The van der Waals surface area contributed by atoms with E-state index in [1.807, 2.05) is 37.3 Å². The van der Waals surface area contributed by atoms with E-state index in [2.05, 4.69) is 29.6 Å². The molecule has 23 heavy (non-hydrogen) atoms. The van der Waals surface area contributed by atoms with Crippen molar-refractivity contribution in [2.24, 2.45) is 5.73 Å². The molecule has 1 unspecified atom stereocenters. The maximum atomic E-state index is 11.8. The van der Waals surface area contributed by atoms with E-state index in [4.69, 9.17) is 5.73 Å². The van der Waals surface area contributed by atoms with Crippen molar-refractivity contribution in [2.45, 2.75) is 42.1 Å². The highest BCUT2D eigenvalue weighted by atomic mass is 35.5. The Kier molecular flexibility index (Phi) is 8.77. The number of carbonyl (C=O) groups is 1. The highest BCUT2D eigenvalue weighted by molar-refractivity contribution is 7.99. The Bertz CT molecular complexity index is 605. The number of halogens is 1. The lowest BCUT2D eigenvalue weighted by Gasteiger charge is -2.11. The van der Waals surface area contributed by atoms with E-state index in [0.717, 1.165) is 5.56 Å². The standard InChI is InChI=1S/C18H22N2OS.ClH/c1-14(19)11-12-18(21)20-13-15-7-5-6-10-17(15)22-16-8-3-2-4-9-16;/h2-10,14H,11-13,19H2,1H3,(H,20,21);1H. The molecule has 0 saturated heterocycles. The summed E-state index contributed by atoms with van der Waals surface area (Å²) in [5.74, 6) is 0.0526. The van der Waals surface area contributed by atoms with Crippen LogP contribution in [0.2, 0.25) is 0 Å². The highest BCUT2D eigenvalue weighted by Gasteiger charge is 2.07. The summed E-state index contributed by atoms with van der Waals surface area (Å²) in [6, 6.07) is 18.5. The minimum absolute atomic E-state index is 0. The van der Waals surface area contributed by atoms with Crippen molar-refractivity contribution in [1.82, 2.24) is 5.32 Å². The largest absolute Gasteiger partial charge is 0.352 e. The van der Waals surface area contributed by atoms with Crippen molar-refractivity contribution in [3.05, 3.63) is 60.2 Å². The van der Waals surface area contributed by atoms with E-state index in [1.54, 1.807) is 11.8 Å². The molecule has 5 heteroatoms. The minimum atomic E-state index is 0. The summed E-state index contributed by atoms with van der Waals surface area (Å²) in [5, 5.41) is 2.97. The third-order valence-electron chi connectivity index (χ3n) is 3.25. The third-order valence-corrected chi connectivity index (χ3v) is 4.37.